The lowest BCUT2D eigenvalue weighted by Gasteiger charge is -2.33. The molecule has 1 aliphatic carbocycles. The number of hydrogen-bond acceptors (Lipinski definition) is 2. The molecule has 1 aromatic rings. The predicted molar refractivity (Wildman–Crippen MR) is 82.1 cm³/mol. The van der Waals surface area contributed by atoms with Gasteiger partial charge in [0.15, 0.2) is 0 Å². The minimum absolute atomic E-state index is 0.320. The Balaban J connectivity index is 2.05. The number of halogens is 2. The number of hydrogen-bond donors (Lipinski definition) is 3. The lowest BCUT2D eigenvalue weighted by molar-refractivity contribution is -0.145. The molecule has 1 aliphatic rings. The number of carbonyl (C=O) groups is 2. The number of carboxylic acids is 1. The molecule has 0 aliphatic heterocycles. The van der Waals surface area contributed by atoms with Gasteiger partial charge in [-0.05, 0) is 31.0 Å². The highest BCUT2D eigenvalue weighted by Gasteiger charge is 2.40. The lowest BCUT2D eigenvalue weighted by atomic mass is 9.82. The SMILES string of the molecule is O=C(Nc1ccc(Cl)c(Cl)c1)NC1(C(=O)O)CCCCC1. The second-order valence-electron chi connectivity index (χ2n) is 5.16. The maximum atomic E-state index is 12.0. The van der Waals surface area contributed by atoms with Gasteiger partial charge in [-0.3, -0.25) is 0 Å². The van der Waals surface area contributed by atoms with Crippen molar-refractivity contribution in [1.82, 2.24) is 5.32 Å². The van der Waals surface area contributed by atoms with Gasteiger partial charge >= 0.3 is 12.0 Å². The molecule has 0 atom stereocenters. The van der Waals surface area contributed by atoms with Crippen molar-refractivity contribution in [3.8, 4) is 0 Å². The zero-order chi connectivity index (χ0) is 15.5. The van der Waals surface area contributed by atoms with Crippen LogP contribution >= 0.6 is 23.2 Å². The topological polar surface area (TPSA) is 78.4 Å². The summed E-state index contributed by atoms with van der Waals surface area (Å²) in [6.45, 7) is 0. The largest absolute Gasteiger partial charge is 0.480 e. The number of nitrogens with one attached hydrogen (secondary N) is 2. The second-order valence-corrected chi connectivity index (χ2v) is 5.97. The van der Waals surface area contributed by atoms with E-state index in [4.69, 9.17) is 23.2 Å². The van der Waals surface area contributed by atoms with Crippen LogP contribution in [0.1, 0.15) is 32.1 Å². The third-order valence-electron chi connectivity index (χ3n) is 3.65. The first kappa shape index (κ1) is 15.9. The third kappa shape index (κ3) is 3.80. The fourth-order valence-corrected chi connectivity index (χ4v) is 2.80. The molecule has 2 rings (SSSR count). The number of anilines is 1. The van der Waals surface area contributed by atoms with Gasteiger partial charge in [-0.25, -0.2) is 9.59 Å². The first-order valence-electron chi connectivity index (χ1n) is 6.70. The Morgan fingerprint density at radius 1 is 1.10 bits per heavy atom. The molecule has 0 aromatic heterocycles. The van der Waals surface area contributed by atoms with Crippen molar-refractivity contribution in [3.63, 3.8) is 0 Å². The van der Waals surface area contributed by atoms with E-state index in [0.29, 0.717) is 28.6 Å². The van der Waals surface area contributed by atoms with Crippen molar-refractivity contribution < 1.29 is 14.7 Å². The van der Waals surface area contributed by atoms with Crippen LogP contribution in [0.5, 0.6) is 0 Å². The fraction of sp³-hybridized carbons (Fsp3) is 0.429. The average molecular weight is 331 g/mol. The lowest BCUT2D eigenvalue weighted by Crippen LogP contribution is -2.56. The summed E-state index contributed by atoms with van der Waals surface area (Å²) in [6, 6.07) is 4.12. The van der Waals surface area contributed by atoms with E-state index in [1.165, 1.54) is 6.07 Å². The molecule has 1 fully saturated rings. The van der Waals surface area contributed by atoms with Crippen molar-refractivity contribution >= 4 is 40.9 Å². The van der Waals surface area contributed by atoms with Gasteiger partial charge in [0.2, 0.25) is 0 Å². The predicted octanol–water partition coefficient (Wildman–Crippen LogP) is 3.90. The van der Waals surface area contributed by atoms with Gasteiger partial charge in [0.25, 0.3) is 0 Å². The number of carboxylic acid groups (broad SMARTS) is 1. The first-order valence-corrected chi connectivity index (χ1v) is 7.46. The first-order chi connectivity index (χ1) is 9.93. The number of aliphatic carboxylic acids is 1. The summed E-state index contributed by atoms with van der Waals surface area (Å²) in [5, 5.41) is 15.3. The quantitative estimate of drug-likeness (QED) is 0.786. The van der Waals surface area contributed by atoms with E-state index in [2.05, 4.69) is 10.6 Å². The fourth-order valence-electron chi connectivity index (χ4n) is 2.50. The van der Waals surface area contributed by atoms with Gasteiger partial charge in [-0.2, -0.15) is 0 Å². The Kier molecular flexibility index (Phi) is 4.96. The summed E-state index contributed by atoms with van der Waals surface area (Å²) < 4.78 is 0. The summed E-state index contributed by atoms with van der Waals surface area (Å²) >= 11 is 11.7. The van der Waals surface area contributed by atoms with Crippen LogP contribution in [-0.2, 0) is 4.79 Å². The van der Waals surface area contributed by atoms with Crippen LogP contribution < -0.4 is 10.6 Å². The van der Waals surface area contributed by atoms with Crippen molar-refractivity contribution in [3.05, 3.63) is 28.2 Å². The molecule has 7 heteroatoms. The zero-order valence-electron chi connectivity index (χ0n) is 11.3. The standard InChI is InChI=1S/C14H16Cl2N2O3/c15-10-5-4-9(8-11(10)16)17-13(21)18-14(12(19)20)6-2-1-3-7-14/h4-5,8H,1-3,6-7H2,(H,19,20)(H2,17,18,21). The maximum absolute atomic E-state index is 12.0. The molecule has 5 nitrogen and oxygen atoms in total. The molecule has 0 spiro atoms. The molecule has 0 bridgehead atoms. The Hall–Kier alpha value is -1.46. The van der Waals surface area contributed by atoms with E-state index >= 15 is 0 Å². The van der Waals surface area contributed by atoms with Crippen molar-refractivity contribution in [2.75, 3.05) is 5.32 Å². The molecule has 0 radical (unpaired) electrons. The van der Waals surface area contributed by atoms with Crippen LogP contribution in [0.25, 0.3) is 0 Å². The van der Waals surface area contributed by atoms with Crippen LogP contribution in [0.3, 0.4) is 0 Å². The van der Waals surface area contributed by atoms with Gasteiger partial charge in [-0.1, -0.05) is 42.5 Å². The molecular weight excluding hydrogens is 315 g/mol. The average Bonchev–Trinajstić information content (AvgIpc) is 2.43. The Bertz CT molecular complexity index is 557. The Labute approximate surface area is 132 Å². The number of rotatable bonds is 3. The molecule has 0 heterocycles. The molecule has 2 amide bonds. The van der Waals surface area contributed by atoms with Crippen LogP contribution in [0.15, 0.2) is 18.2 Å². The molecule has 0 saturated heterocycles. The van der Waals surface area contributed by atoms with Crippen molar-refractivity contribution in [2.45, 2.75) is 37.6 Å². The summed E-state index contributed by atoms with van der Waals surface area (Å²) in [6.07, 6.45) is 3.46. The van der Waals surface area contributed by atoms with Crippen LogP contribution in [0.2, 0.25) is 10.0 Å². The van der Waals surface area contributed by atoms with E-state index in [1.807, 2.05) is 0 Å². The Morgan fingerprint density at radius 3 is 2.33 bits per heavy atom. The summed E-state index contributed by atoms with van der Waals surface area (Å²) in [4.78, 5) is 23.5. The van der Waals surface area contributed by atoms with Gasteiger partial charge in [0.05, 0.1) is 10.0 Å². The van der Waals surface area contributed by atoms with Gasteiger partial charge in [0, 0.05) is 5.69 Å². The van der Waals surface area contributed by atoms with Gasteiger partial charge < -0.3 is 15.7 Å². The van der Waals surface area contributed by atoms with E-state index in [9.17, 15) is 14.7 Å². The minimum atomic E-state index is -1.18. The van der Waals surface area contributed by atoms with E-state index in [1.54, 1.807) is 12.1 Å². The van der Waals surface area contributed by atoms with Crippen molar-refractivity contribution in [1.29, 1.82) is 0 Å². The number of amides is 2. The highest BCUT2D eigenvalue weighted by molar-refractivity contribution is 6.42. The molecule has 21 heavy (non-hydrogen) atoms. The summed E-state index contributed by atoms with van der Waals surface area (Å²) in [5.41, 5.74) is -0.725. The second kappa shape index (κ2) is 6.54. The summed E-state index contributed by atoms with van der Waals surface area (Å²) in [7, 11) is 0. The van der Waals surface area contributed by atoms with Crippen LogP contribution in [0.4, 0.5) is 10.5 Å². The van der Waals surface area contributed by atoms with E-state index < -0.39 is 17.5 Å². The number of urea groups is 1. The molecule has 114 valence electrons. The van der Waals surface area contributed by atoms with Gasteiger partial charge in [0.1, 0.15) is 5.54 Å². The van der Waals surface area contributed by atoms with Crippen LogP contribution in [-0.4, -0.2) is 22.6 Å². The molecule has 1 aromatic carbocycles. The molecule has 0 unspecified atom stereocenters. The zero-order valence-corrected chi connectivity index (χ0v) is 12.8. The minimum Gasteiger partial charge on any atom is -0.480 e. The van der Waals surface area contributed by atoms with E-state index in [0.717, 1.165) is 19.3 Å². The van der Waals surface area contributed by atoms with E-state index in [-0.39, 0.29) is 0 Å². The Morgan fingerprint density at radius 2 is 1.76 bits per heavy atom. The highest BCUT2D eigenvalue weighted by Crippen LogP contribution is 2.29. The summed E-state index contributed by atoms with van der Waals surface area (Å²) in [5.74, 6) is -0.994. The monoisotopic (exact) mass is 330 g/mol. The third-order valence-corrected chi connectivity index (χ3v) is 4.39. The smallest absolute Gasteiger partial charge is 0.329 e. The highest BCUT2D eigenvalue weighted by atomic mass is 35.5. The van der Waals surface area contributed by atoms with Crippen LogP contribution in [0, 0.1) is 0 Å². The molecule has 1 saturated carbocycles. The van der Waals surface area contributed by atoms with Gasteiger partial charge in [-0.15, -0.1) is 0 Å². The maximum Gasteiger partial charge on any atom is 0.329 e. The molecular formula is C14H16Cl2N2O3. The number of benzene rings is 1. The number of carbonyl (C=O) groups excluding carboxylic acids is 1. The molecule has 3 N–H and O–H groups in total. The normalized spacial score (nSPS) is 17.0. The van der Waals surface area contributed by atoms with Crippen molar-refractivity contribution in [2.24, 2.45) is 0 Å².